The first-order valence-corrected chi connectivity index (χ1v) is 4.74. The molecule has 1 unspecified atom stereocenters. The molecule has 1 aromatic rings. The molecule has 0 aliphatic heterocycles. The molecule has 88 valence electrons. The Balaban J connectivity index is 3.40. The van der Waals surface area contributed by atoms with Gasteiger partial charge >= 0.3 is 5.97 Å². The third kappa shape index (κ3) is 2.13. The zero-order valence-corrected chi connectivity index (χ0v) is 9.29. The van der Waals surface area contributed by atoms with Gasteiger partial charge in [0.25, 0.3) is 0 Å². The number of rotatable bonds is 3. The molecule has 5 heteroatoms. The van der Waals surface area contributed by atoms with E-state index >= 15 is 0 Å². The fraction of sp³-hybridized carbons (Fsp3) is 0.364. The molecule has 1 atom stereocenters. The van der Waals surface area contributed by atoms with Gasteiger partial charge in [-0.1, -0.05) is 6.07 Å². The minimum atomic E-state index is -1.07. The highest BCUT2D eigenvalue weighted by Gasteiger charge is 2.23. The van der Waals surface area contributed by atoms with Crippen LogP contribution in [0.3, 0.4) is 0 Å². The molecule has 0 spiro atoms. The summed E-state index contributed by atoms with van der Waals surface area (Å²) >= 11 is 0. The number of carboxylic acid groups (broad SMARTS) is 1. The number of hydrogen-bond donors (Lipinski definition) is 1. The van der Waals surface area contributed by atoms with Gasteiger partial charge in [-0.25, -0.2) is 8.78 Å². The van der Waals surface area contributed by atoms with Gasteiger partial charge in [0.15, 0.2) is 11.6 Å². The summed E-state index contributed by atoms with van der Waals surface area (Å²) in [5.74, 6) is -3.96. The van der Waals surface area contributed by atoms with E-state index < -0.39 is 23.5 Å². The highest BCUT2D eigenvalue weighted by molar-refractivity contribution is 5.78. The standard InChI is InChI=1S/C11H13F2NO2/c1-6(11(15)16)7-4-5-8(12)9(13)10(7)14(2)3/h4-6H,1-3H3,(H,15,16). The van der Waals surface area contributed by atoms with E-state index in [4.69, 9.17) is 5.11 Å². The van der Waals surface area contributed by atoms with Gasteiger partial charge in [0.1, 0.15) is 0 Å². The first-order chi connectivity index (χ1) is 7.36. The second kappa shape index (κ2) is 4.47. The third-order valence-corrected chi connectivity index (χ3v) is 2.38. The Bertz CT molecular complexity index is 419. The molecule has 1 rings (SSSR count). The number of anilines is 1. The monoisotopic (exact) mass is 229 g/mol. The summed E-state index contributed by atoms with van der Waals surface area (Å²) in [6.07, 6.45) is 0. The van der Waals surface area contributed by atoms with Crippen LogP contribution in [-0.2, 0) is 4.79 Å². The van der Waals surface area contributed by atoms with Gasteiger partial charge in [0.2, 0.25) is 0 Å². The van der Waals surface area contributed by atoms with Crippen LogP contribution in [0.25, 0.3) is 0 Å². The zero-order valence-electron chi connectivity index (χ0n) is 9.29. The molecule has 0 aliphatic carbocycles. The van der Waals surface area contributed by atoms with Gasteiger partial charge in [0.05, 0.1) is 11.6 Å². The van der Waals surface area contributed by atoms with Gasteiger partial charge in [-0.3, -0.25) is 4.79 Å². The van der Waals surface area contributed by atoms with Crippen molar-refractivity contribution < 1.29 is 18.7 Å². The van der Waals surface area contributed by atoms with Crippen molar-refractivity contribution in [2.75, 3.05) is 19.0 Å². The largest absolute Gasteiger partial charge is 0.481 e. The fourth-order valence-corrected chi connectivity index (χ4v) is 1.49. The molecule has 0 saturated heterocycles. The predicted molar refractivity (Wildman–Crippen MR) is 56.7 cm³/mol. The maximum atomic E-state index is 13.5. The van der Waals surface area contributed by atoms with Crippen molar-refractivity contribution >= 4 is 11.7 Å². The van der Waals surface area contributed by atoms with Crippen LogP contribution in [0.2, 0.25) is 0 Å². The summed E-state index contributed by atoms with van der Waals surface area (Å²) < 4.78 is 26.6. The van der Waals surface area contributed by atoms with Crippen molar-refractivity contribution in [3.05, 3.63) is 29.3 Å². The Morgan fingerprint density at radius 3 is 2.38 bits per heavy atom. The summed E-state index contributed by atoms with van der Waals surface area (Å²) in [5, 5.41) is 8.87. The molecule has 0 amide bonds. The second-order valence-corrected chi connectivity index (χ2v) is 3.75. The van der Waals surface area contributed by atoms with E-state index in [0.717, 1.165) is 6.07 Å². The third-order valence-electron chi connectivity index (χ3n) is 2.38. The number of aliphatic carboxylic acids is 1. The summed E-state index contributed by atoms with van der Waals surface area (Å²) in [5.41, 5.74) is 0.242. The van der Waals surface area contributed by atoms with E-state index in [0.29, 0.717) is 0 Å². The molecule has 0 aromatic heterocycles. The molecular formula is C11H13F2NO2. The Morgan fingerprint density at radius 2 is 1.94 bits per heavy atom. The minimum absolute atomic E-state index is 0.0186. The summed E-state index contributed by atoms with van der Waals surface area (Å²) in [6.45, 7) is 1.43. The van der Waals surface area contributed by atoms with Crippen LogP contribution in [0.4, 0.5) is 14.5 Å². The van der Waals surface area contributed by atoms with Gasteiger partial charge in [0, 0.05) is 14.1 Å². The van der Waals surface area contributed by atoms with E-state index in [1.165, 1.54) is 32.0 Å². The van der Waals surface area contributed by atoms with Gasteiger partial charge in [-0.2, -0.15) is 0 Å². The van der Waals surface area contributed by atoms with Crippen molar-refractivity contribution in [1.29, 1.82) is 0 Å². The van der Waals surface area contributed by atoms with Crippen molar-refractivity contribution in [2.24, 2.45) is 0 Å². The SMILES string of the molecule is CC(C(=O)O)c1ccc(F)c(F)c1N(C)C. The summed E-state index contributed by atoms with van der Waals surface area (Å²) in [7, 11) is 3.08. The summed E-state index contributed by atoms with van der Waals surface area (Å²) in [6, 6.07) is 2.24. The molecule has 0 saturated carbocycles. The van der Waals surface area contributed by atoms with E-state index in [1.54, 1.807) is 0 Å². The molecule has 0 radical (unpaired) electrons. The van der Waals surface area contributed by atoms with Crippen LogP contribution in [0.1, 0.15) is 18.4 Å². The lowest BCUT2D eigenvalue weighted by Crippen LogP contribution is -2.18. The number of carbonyl (C=O) groups is 1. The normalized spacial score (nSPS) is 12.3. The van der Waals surface area contributed by atoms with Crippen molar-refractivity contribution in [3.8, 4) is 0 Å². The first-order valence-electron chi connectivity index (χ1n) is 4.74. The maximum Gasteiger partial charge on any atom is 0.310 e. The number of halogens is 2. The maximum absolute atomic E-state index is 13.5. The van der Waals surface area contributed by atoms with Crippen LogP contribution in [0.15, 0.2) is 12.1 Å². The average Bonchev–Trinajstić information content (AvgIpc) is 2.20. The van der Waals surface area contributed by atoms with E-state index in [1.807, 2.05) is 0 Å². The molecule has 3 nitrogen and oxygen atoms in total. The summed E-state index contributed by atoms with van der Waals surface area (Å²) in [4.78, 5) is 12.2. The molecule has 1 aromatic carbocycles. The topological polar surface area (TPSA) is 40.5 Å². The van der Waals surface area contributed by atoms with Crippen molar-refractivity contribution in [3.63, 3.8) is 0 Å². The molecule has 0 fully saturated rings. The lowest BCUT2D eigenvalue weighted by atomic mass is 9.98. The van der Waals surface area contributed by atoms with Crippen LogP contribution in [0.5, 0.6) is 0 Å². The zero-order chi connectivity index (χ0) is 12.5. The van der Waals surface area contributed by atoms with Crippen molar-refractivity contribution in [1.82, 2.24) is 0 Å². The molecule has 0 aliphatic rings. The molecule has 0 bridgehead atoms. The Hall–Kier alpha value is -1.65. The second-order valence-electron chi connectivity index (χ2n) is 3.75. The van der Waals surface area contributed by atoms with Crippen LogP contribution < -0.4 is 4.90 Å². The quantitative estimate of drug-likeness (QED) is 0.863. The Morgan fingerprint density at radius 1 is 1.38 bits per heavy atom. The van der Waals surface area contributed by atoms with Crippen molar-refractivity contribution in [2.45, 2.75) is 12.8 Å². The van der Waals surface area contributed by atoms with Gasteiger partial charge in [-0.15, -0.1) is 0 Å². The lowest BCUT2D eigenvalue weighted by molar-refractivity contribution is -0.138. The van der Waals surface area contributed by atoms with Gasteiger partial charge in [-0.05, 0) is 18.6 Å². The minimum Gasteiger partial charge on any atom is -0.481 e. The van der Waals surface area contributed by atoms with E-state index in [2.05, 4.69) is 0 Å². The van der Waals surface area contributed by atoms with Gasteiger partial charge < -0.3 is 10.0 Å². The van der Waals surface area contributed by atoms with Crippen LogP contribution in [0, 0.1) is 11.6 Å². The van der Waals surface area contributed by atoms with E-state index in [-0.39, 0.29) is 11.3 Å². The Kier molecular flexibility index (Phi) is 3.47. The predicted octanol–water partition coefficient (Wildman–Crippen LogP) is 2.22. The fourth-order valence-electron chi connectivity index (χ4n) is 1.49. The molecular weight excluding hydrogens is 216 g/mol. The average molecular weight is 229 g/mol. The highest BCUT2D eigenvalue weighted by Crippen LogP contribution is 2.30. The number of hydrogen-bond acceptors (Lipinski definition) is 2. The molecule has 1 N–H and O–H groups in total. The van der Waals surface area contributed by atoms with Crippen LogP contribution in [-0.4, -0.2) is 25.2 Å². The van der Waals surface area contributed by atoms with Crippen LogP contribution >= 0.6 is 0 Å². The number of benzene rings is 1. The Labute approximate surface area is 92.3 Å². The molecule has 16 heavy (non-hydrogen) atoms. The highest BCUT2D eigenvalue weighted by atomic mass is 19.2. The lowest BCUT2D eigenvalue weighted by Gasteiger charge is -2.20. The number of nitrogens with zero attached hydrogens (tertiary/aromatic N) is 1. The molecule has 0 heterocycles. The number of carboxylic acids is 1. The van der Waals surface area contributed by atoms with E-state index in [9.17, 15) is 13.6 Å². The first kappa shape index (κ1) is 12.4. The smallest absolute Gasteiger partial charge is 0.310 e.